The quantitative estimate of drug-likeness (QED) is 0.436. The van der Waals surface area contributed by atoms with Gasteiger partial charge in [0.1, 0.15) is 0 Å². The third-order valence-corrected chi connectivity index (χ3v) is 0.668. The number of aliphatic carboxylic acids is 1. The van der Waals surface area contributed by atoms with Crippen LogP contribution in [0.4, 0.5) is 0 Å². The summed E-state index contributed by atoms with van der Waals surface area (Å²) in [5.41, 5.74) is 0. The molecule has 0 atom stereocenters. The van der Waals surface area contributed by atoms with Crippen molar-refractivity contribution in [3.8, 4) is 0 Å². The van der Waals surface area contributed by atoms with Crippen LogP contribution in [0.5, 0.6) is 0 Å². The first-order valence-corrected chi connectivity index (χ1v) is 2.24. The molecular weight excluding hydrogens is 95.0 g/mol. The molecule has 0 aromatic carbocycles. The van der Waals surface area contributed by atoms with Gasteiger partial charge in [0, 0.05) is 0 Å². The molecule has 1 N–H and O–H groups in total. The van der Waals surface area contributed by atoms with Gasteiger partial charge in [0.05, 0.1) is 0 Å². The Labute approximate surface area is 43.7 Å². The Bertz CT molecular complexity index is 74.8. The molecule has 0 aliphatic rings. The van der Waals surface area contributed by atoms with Gasteiger partial charge in [-0.25, -0.2) is 0 Å². The average molecular weight is 100 g/mol. The fourth-order valence-electron chi connectivity index (χ4n) is 0. The maximum absolute atomic E-state index is 9.67. The Balaban J connectivity index is 3.57. The van der Waals surface area contributed by atoms with Gasteiger partial charge in [0.25, 0.3) is 0 Å². The van der Waals surface area contributed by atoms with Gasteiger partial charge in [-0.15, -0.1) is 0 Å². The van der Waals surface area contributed by atoms with Crippen LogP contribution in [0.15, 0.2) is 0 Å². The minimum absolute atomic E-state index is 0.454. The van der Waals surface area contributed by atoms with E-state index in [9.17, 15) is 4.79 Å². The van der Waals surface area contributed by atoms with E-state index in [1.165, 1.54) is 15.9 Å². The average Bonchev–Trinajstić information content (AvgIpc) is 1.36. The second kappa shape index (κ2) is 2.12. The zero-order valence-electron chi connectivity index (χ0n) is 3.56. The van der Waals surface area contributed by atoms with Crippen LogP contribution in [-0.4, -0.2) is 31.3 Å². The monoisotopic (exact) mass is 100 g/mol. The van der Waals surface area contributed by atoms with Gasteiger partial charge in [-0.1, -0.05) is 0 Å². The van der Waals surface area contributed by atoms with Gasteiger partial charge in [-0.3, -0.25) is 0 Å². The van der Waals surface area contributed by atoms with Crippen molar-refractivity contribution in [2.45, 2.75) is 6.92 Å². The fraction of sp³-hybridized carbons (Fsp3) is 0.333. The van der Waals surface area contributed by atoms with E-state index in [1.807, 2.05) is 0 Å². The molecule has 32 valence electrons. The van der Waals surface area contributed by atoms with Crippen LogP contribution in [0.1, 0.15) is 6.92 Å². The molecule has 0 saturated heterocycles. The number of carboxylic acid groups (broad SMARTS) is 1. The molecule has 0 spiro atoms. The SMILES string of the molecule is C[C](=[AlH])C(=O)O. The van der Waals surface area contributed by atoms with Crippen molar-refractivity contribution in [2.75, 3.05) is 0 Å². The second-order valence-corrected chi connectivity index (χ2v) is 2.15. The number of carboxylic acids is 1. The number of hydrogen-bond acceptors (Lipinski definition) is 1. The zero-order valence-corrected chi connectivity index (χ0v) is 4.98. The van der Waals surface area contributed by atoms with Gasteiger partial charge in [0.2, 0.25) is 0 Å². The standard InChI is InChI=1S/C3H4O2.Al.H/c1-2-3(4)5;;/h1H3,(H,4,5);;. The molecule has 0 fully saturated rings. The Kier molecular flexibility index (Phi) is 2.07. The molecule has 0 aromatic heterocycles. The molecule has 0 aliphatic carbocycles. The third-order valence-electron chi connectivity index (χ3n) is 0.365. The van der Waals surface area contributed by atoms with E-state index in [-0.39, 0.29) is 0 Å². The molecule has 0 aromatic rings. The van der Waals surface area contributed by atoms with Crippen molar-refractivity contribution in [1.29, 1.82) is 0 Å². The molecule has 0 unspecified atom stereocenters. The molecule has 6 heavy (non-hydrogen) atoms. The first-order valence-electron chi connectivity index (χ1n) is 1.53. The summed E-state index contributed by atoms with van der Waals surface area (Å²) in [7, 11) is 0. The van der Waals surface area contributed by atoms with Crippen LogP contribution in [0, 0.1) is 0 Å². The molecule has 0 heterocycles. The first-order chi connectivity index (χ1) is 2.64. The second-order valence-electron chi connectivity index (χ2n) is 1.09. The number of carbonyl (C=O) groups is 1. The number of hydrogen-bond donors (Lipinski definition) is 1. The Morgan fingerprint density at radius 3 is 2.00 bits per heavy atom. The van der Waals surface area contributed by atoms with E-state index < -0.39 is 5.97 Å². The minimum atomic E-state index is -0.812. The first kappa shape index (κ1) is 5.87. The summed E-state index contributed by atoms with van der Waals surface area (Å²) in [5, 5.41) is 7.96. The Morgan fingerprint density at radius 1 is 1.83 bits per heavy atom. The van der Waals surface area contributed by atoms with Crippen molar-refractivity contribution >= 4 is 26.2 Å². The van der Waals surface area contributed by atoms with E-state index in [0.29, 0.717) is 4.38 Å². The van der Waals surface area contributed by atoms with Crippen LogP contribution in [0.3, 0.4) is 0 Å². The van der Waals surface area contributed by atoms with Gasteiger partial charge in [0.15, 0.2) is 0 Å². The van der Waals surface area contributed by atoms with Crippen LogP contribution in [-0.2, 0) is 4.79 Å². The molecular formula is C3H5AlO2. The van der Waals surface area contributed by atoms with Crippen molar-refractivity contribution in [3.05, 3.63) is 0 Å². The predicted molar refractivity (Wildman–Crippen MR) is 25.5 cm³/mol. The summed E-state index contributed by atoms with van der Waals surface area (Å²) in [6.07, 6.45) is 0. The zero-order chi connectivity index (χ0) is 5.15. The van der Waals surface area contributed by atoms with Crippen molar-refractivity contribution in [3.63, 3.8) is 0 Å². The Morgan fingerprint density at radius 2 is 2.00 bits per heavy atom. The third kappa shape index (κ3) is 2.13. The van der Waals surface area contributed by atoms with Crippen molar-refractivity contribution < 1.29 is 9.90 Å². The normalized spacial score (nSPS) is 7.33. The molecule has 0 saturated carbocycles. The van der Waals surface area contributed by atoms with Gasteiger partial charge < -0.3 is 0 Å². The summed E-state index contributed by atoms with van der Waals surface area (Å²) in [4.78, 5) is 9.67. The van der Waals surface area contributed by atoms with Gasteiger partial charge in [-0.05, 0) is 0 Å². The van der Waals surface area contributed by atoms with Crippen LogP contribution in [0.2, 0.25) is 0 Å². The predicted octanol–water partition coefficient (Wildman–Crippen LogP) is -0.836. The number of rotatable bonds is 1. The molecule has 0 amide bonds. The molecule has 3 heteroatoms. The van der Waals surface area contributed by atoms with Crippen LogP contribution >= 0.6 is 0 Å². The summed E-state index contributed by atoms with van der Waals surface area (Å²) < 4.78 is 0.454. The molecule has 0 radical (unpaired) electrons. The summed E-state index contributed by atoms with van der Waals surface area (Å²) in [6, 6.07) is 0. The topological polar surface area (TPSA) is 37.3 Å². The summed E-state index contributed by atoms with van der Waals surface area (Å²) in [5.74, 6) is -0.812. The van der Waals surface area contributed by atoms with Gasteiger partial charge >= 0.3 is 43.0 Å². The van der Waals surface area contributed by atoms with Crippen LogP contribution in [0.25, 0.3) is 0 Å². The summed E-state index contributed by atoms with van der Waals surface area (Å²) >= 11 is 1.38. The van der Waals surface area contributed by atoms with E-state index in [2.05, 4.69) is 0 Å². The van der Waals surface area contributed by atoms with E-state index in [1.54, 1.807) is 6.92 Å². The maximum atomic E-state index is 9.67. The van der Waals surface area contributed by atoms with E-state index in [0.717, 1.165) is 0 Å². The van der Waals surface area contributed by atoms with Crippen LogP contribution < -0.4 is 0 Å². The van der Waals surface area contributed by atoms with Crippen molar-refractivity contribution in [2.24, 2.45) is 0 Å². The summed E-state index contributed by atoms with van der Waals surface area (Å²) in [6.45, 7) is 1.57. The molecule has 0 rings (SSSR count). The fourth-order valence-corrected chi connectivity index (χ4v) is 0. The Hall–Kier alpha value is -0.128. The van der Waals surface area contributed by atoms with E-state index in [4.69, 9.17) is 5.11 Å². The van der Waals surface area contributed by atoms with Gasteiger partial charge in [-0.2, -0.15) is 0 Å². The molecule has 2 nitrogen and oxygen atoms in total. The van der Waals surface area contributed by atoms with E-state index >= 15 is 0 Å². The molecule has 0 bridgehead atoms. The van der Waals surface area contributed by atoms with Crippen molar-refractivity contribution in [1.82, 2.24) is 0 Å². The molecule has 0 aliphatic heterocycles.